The lowest BCUT2D eigenvalue weighted by molar-refractivity contribution is 0.412. The zero-order valence-electron chi connectivity index (χ0n) is 10.9. The van der Waals surface area contributed by atoms with E-state index in [1.165, 1.54) is 0 Å². The van der Waals surface area contributed by atoms with Crippen LogP contribution in [-0.2, 0) is 6.54 Å². The molecule has 0 saturated carbocycles. The molecule has 0 radical (unpaired) electrons. The van der Waals surface area contributed by atoms with Gasteiger partial charge in [-0.2, -0.15) is 0 Å². The smallest absolute Gasteiger partial charge is 0.139 e. The monoisotopic (exact) mass is 277 g/mol. The summed E-state index contributed by atoms with van der Waals surface area (Å²) in [4.78, 5) is 0. The molecule has 2 aromatic carbocycles. The Hall–Kier alpha value is -1.87. The number of halogens is 1. The van der Waals surface area contributed by atoms with Crippen LogP contribution in [0, 0.1) is 6.92 Å². The molecule has 0 saturated heterocycles. The van der Waals surface area contributed by atoms with Crippen molar-refractivity contribution >= 4 is 17.3 Å². The summed E-state index contributed by atoms with van der Waals surface area (Å²) in [5.41, 5.74) is 2.79. The SMILES string of the molecule is COc1ccc(NCc2cccc(Cl)c2O)cc1C. The van der Waals surface area contributed by atoms with Crippen molar-refractivity contribution in [3.05, 3.63) is 52.5 Å². The largest absolute Gasteiger partial charge is 0.506 e. The second-order valence-corrected chi connectivity index (χ2v) is 4.69. The topological polar surface area (TPSA) is 41.5 Å². The zero-order chi connectivity index (χ0) is 13.8. The van der Waals surface area contributed by atoms with Crippen molar-refractivity contribution in [3.8, 4) is 11.5 Å². The maximum atomic E-state index is 9.82. The fraction of sp³-hybridized carbons (Fsp3) is 0.200. The van der Waals surface area contributed by atoms with Crippen molar-refractivity contribution in [2.45, 2.75) is 13.5 Å². The van der Waals surface area contributed by atoms with Crippen LogP contribution in [0.3, 0.4) is 0 Å². The third-order valence-corrected chi connectivity index (χ3v) is 3.25. The molecule has 0 spiro atoms. The number of ether oxygens (including phenoxy) is 1. The quantitative estimate of drug-likeness (QED) is 0.888. The number of rotatable bonds is 4. The number of aromatic hydroxyl groups is 1. The molecular formula is C15H16ClNO2. The fourth-order valence-electron chi connectivity index (χ4n) is 1.89. The van der Waals surface area contributed by atoms with Gasteiger partial charge < -0.3 is 15.2 Å². The molecule has 100 valence electrons. The first kappa shape index (κ1) is 13.6. The predicted octanol–water partition coefficient (Wildman–Crippen LogP) is 3.97. The number of hydrogen-bond acceptors (Lipinski definition) is 3. The summed E-state index contributed by atoms with van der Waals surface area (Å²) < 4.78 is 5.21. The van der Waals surface area contributed by atoms with Crippen molar-refractivity contribution in [1.29, 1.82) is 0 Å². The Morgan fingerprint density at radius 3 is 2.74 bits per heavy atom. The van der Waals surface area contributed by atoms with E-state index in [0.717, 1.165) is 22.6 Å². The van der Waals surface area contributed by atoms with Gasteiger partial charge in [0, 0.05) is 17.8 Å². The van der Waals surface area contributed by atoms with Gasteiger partial charge in [0.25, 0.3) is 0 Å². The minimum Gasteiger partial charge on any atom is -0.506 e. The van der Waals surface area contributed by atoms with E-state index in [0.29, 0.717) is 11.6 Å². The highest BCUT2D eigenvalue weighted by atomic mass is 35.5. The van der Waals surface area contributed by atoms with Gasteiger partial charge in [0.2, 0.25) is 0 Å². The second-order valence-electron chi connectivity index (χ2n) is 4.29. The lowest BCUT2D eigenvalue weighted by Crippen LogP contribution is -2.00. The Bertz CT molecular complexity index is 584. The van der Waals surface area contributed by atoms with E-state index in [1.54, 1.807) is 13.2 Å². The molecule has 2 rings (SSSR count). The van der Waals surface area contributed by atoms with Crippen LogP contribution in [0.25, 0.3) is 0 Å². The number of benzene rings is 2. The molecule has 4 heteroatoms. The van der Waals surface area contributed by atoms with Crippen LogP contribution in [-0.4, -0.2) is 12.2 Å². The van der Waals surface area contributed by atoms with Gasteiger partial charge in [-0.05, 0) is 36.8 Å². The van der Waals surface area contributed by atoms with Crippen LogP contribution in [0.1, 0.15) is 11.1 Å². The van der Waals surface area contributed by atoms with Crippen LogP contribution < -0.4 is 10.1 Å². The van der Waals surface area contributed by atoms with Crippen LogP contribution in [0.4, 0.5) is 5.69 Å². The van der Waals surface area contributed by atoms with Gasteiger partial charge in [-0.3, -0.25) is 0 Å². The van der Waals surface area contributed by atoms with Gasteiger partial charge in [-0.25, -0.2) is 0 Å². The van der Waals surface area contributed by atoms with Crippen LogP contribution in [0.5, 0.6) is 11.5 Å². The lowest BCUT2D eigenvalue weighted by Gasteiger charge is -2.11. The standard InChI is InChI=1S/C15H16ClNO2/c1-10-8-12(6-7-14(10)19-2)17-9-11-4-3-5-13(16)15(11)18/h3-8,17-18H,9H2,1-2H3. The molecule has 2 aromatic rings. The minimum absolute atomic E-state index is 0.127. The van der Waals surface area contributed by atoms with Crippen molar-refractivity contribution in [2.24, 2.45) is 0 Å². The first-order valence-corrected chi connectivity index (χ1v) is 6.34. The maximum absolute atomic E-state index is 9.82. The summed E-state index contributed by atoms with van der Waals surface area (Å²) in [7, 11) is 1.65. The molecule has 2 N–H and O–H groups in total. The first-order chi connectivity index (χ1) is 9.11. The van der Waals surface area contributed by atoms with Gasteiger partial charge in [-0.15, -0.1) is 0 Å². The van der Waals surface area contributed by atoms with Gasteiger partial charge in [0.05, 0.1) is 12.1 Å². The van der Waals surface area contributed by atoms with E-state index >= 15 is 0 Å². The van der Waals surface area contributed by atoms with Gasteiger partial charge >= 0.3 is 0 Å². The van der Waals surface area contributed by atoms with Crippen LogP contribution >= 0.6 is 11.6 Å². The summed E-state index contributed by atoms with van der Waals surface area (Å²) in [5, 5.41) is 13.4. The molecule has 0 bridgehead atoms. The first-order valence-electron chi connectivity index (χ1n) is 5.96. The molecule has 3 nitrogen and oxygen atoms in total. The van der Waals surface area contributed by atoms with Crippen molar-refractivity contribution in [3.63, 3.8) is 0 Å². The Morgan fingerprint density at radius 2 is 2.05 bits per heavy atom. The highest BCUT2D eigenvalue weighted by Gasteiger charge is 2.05. The summed E-state index contributed by atoms with van der Waals surface area (Å²) >= 11 is 5.87. The molecule has 0 atom stereocenters. The molecule has 0 fully saturated rings. The van der Waals surface area contributed by atoms with Gasteiger partial charge in [-0.1, -0.05) is 23.7 Å². The molecule has 0 heterocycles. The number of para-hydroxylation sites is 1. The number of methoxy groups -OCH3 is 1. The van der Waals surface area contributed by atoms with E-state index in [2.05, 4.69) is 5.32 Å². The summed E-state index contributed by atoms with van der Waals surface area (Å²) in [5.74, 6) is 0.984. The van der Waals surface area contributed by atoms with Crippen molar-refractivity contribution < 1.29 is 9.84 Å². The normalized spacial score (nSPS) is 10.3. The zero-order valence-corrected chi connectivity index (χ0v) is 11.7. The molecule has 0 aromatic heterocycles. The molecule has 19 heavy (non-hydrogen) atoms. The number of phenols is 1. The Morgan fingerprint density at radius 1 is 1.26 bits per heavy atom. The average Bonchev–Trinajstić information content (AvgIpc) is 2.40. The fourth-order valence-corrected chi connectivity index (χ4v) is 2.08. The number of aryl methyl sites for hydroxylation is 1. The molecule has 0 amide bonds. The molecule has 0 unspecified atom stereocenters. The lowest BCUT2D eigenvalue weighted by atomic mass is 10.1. The minimum atomic E-state index is 0.127. The summed E-state index contributed by atoms with van der Waals surface area (Å²) in [6.45, 7) is 2.50. The number of nitrogens with one attached hydrogen (secondary N) is 1. The molecule has 0 aliphatic heterocycles. The van der Waals surface area contributed by atoms with E-state index in [9.17, 15) is 5.11 Å². The molecule has 0 aliphatic carbocycles. The van der Waals surface area contributed by atoms with E-state index in [1.807, 2.05) is 37.3 Å². The Labute approximate surface area is 117 Å². The number of hydrogen-bond donors (Lipinski definition) is 2. The van der Waals surface area contributed by atoms with E-state index < -0.39 is 0 Å². The van der Waals surface area contributed by atoms with Crippen molar-refractivity contribution in [1.82, 2.24) is 0 Å². The number of anilines is 1. The van der Waals surface area contributed by atoms with Crippen LogP contribution in [0.15, 0.2) is 36.4 Å². The average molecular weight is 278 g/mol. The Kier molecular flexibility index (Phi) is 4.17. The third-order valence-electron chi connectivity index (χ3n) is 2.95. The highest BCUT2D eigenvalue weighted by Crippen LogP contribution is 2.28. The van der Waals surface area contributed by atoms with Gasteiger partial charge in [0.15, 0.2) is 0 Å². The summed E-state index contributed by atoms with van der Waals surface area (Å²) in [6, 6.07) is 11.2. The predicted molar refractivity (Wildman–Crippen MR) is 78.2 cm³/mol. The van der Waals surface area contributed by atoms with Gasteiger partial charge in [0.1, 0.15) is 11.5 Å². The maximum Gasteiger partial charge on any atom is 0.139 e. The van der Waals surface area contributed by atoms with E-state index in [-0.39, 0.29) is 5.75 Å². The molecular weight excluding hydrogens is 262 g/mol. The highest BCUT2D eigenvalue weighted by molar-refractivity contribution is 6.32. The Balaban J connectivity index is 2.10. The van der Waals surface area contributed by atoms with E-state index in [4.69, 9.17) is 16.3 Å². The third kappa shape index (κ3) is 3.12. The van der Waals surface area contributed by atoms with Crippen LogP contribution in [0.2, 0.25) is 5.02 Å². The van der Waals surface area contributed by atoms with Crippen molar-refractivity contribution in [2.75, 3.05) is 12.4 Å². The number of phenolic OH excluding ortho intramolecular Hbond substituents is 1. The summed E-state index contributed by atoms with van der Waals surface area (Å²) in [6.07, 6.45) is 0. The second kappa shape index (κ2) is 5.85. The molecule has 0 aliphatic rings.